The fourth-order valence-corrected chi connectivity index (χ4v) is 1.28. The minimum absolute atomic E-state index is 0.880. The van der Waals surface area contributed by atoms with Crippen molar-refractivity contribution in [2.45, 2.75) is 6.92 Å². The maximum atomic E-state index is 5.82. The molecule has 0 saturated heterocycles. The van der Waals surface area contributed by atoms with Gasteiger partial charge in [0.1, 0.15) is 0 Å². The summed E-state index contributed by atoms with van der Waals surface area (Å²) in [4.78, 5) is 0. The standard InChI is InChI=1S/C9H10N2/c1-7-6-11-5-3-2-4-8(11)9(7)10/h2-6H,10H2,1H3. The van der Waals surface area contributed by atoms with Crippen molar-refractivity contribution in [3.8, 4) is 0 Å². The Labute approximate surface area is 65.3 Å². The SMILES string of the molecule is Cc1cn2ccccc2c1N. The molecule has 0 aliphatic heterocycles. The zero-order chi connectivity index (χ0) is 7.84. The molecule has 0 bridgehead atoms. The minimum Gasteiger partial charge on any atom is -0.397 e. The zero-order valence-corrected chi connectivity index (χ0v) is 6.41. The number of aromatic nitrogens is 1. The summed E-state index contributed by atoms with van der Waals surface area (Å²) in [6.07, 6.45) is 4.03. The number of nitrogens with zero attached hydrogens (tertiary/aromatic N) is 1. The molecule has 0 aliphatic rings. The van der Waals surface area contributed by atoms with Crippen LogP contribution in [0, 0.1) is 6.92 Å². The third-order valence-corrected chi connectivity index (χ3v) is 1.92. The first-order chi connectivity index (χ1) is 5.29. The molecule has 2 aromatic rings. The topological polar surface area (TPSA) is 30.4 Å². The molecule has 0 spiro atoms. The Hall–Kier alpha value is -1.44. The summed E-state index contributed by atoms with van der Waals surface area (Å²) in [5, 5.41) is 0. The summed E-state index contributed by atoms with van der Waals surface area (Å²) >= 11 is 0. The van der Waals surface area contributed by atoms with Crippen molar-refractivity contribution in [1.29, 1.82) is 0 Å². The molecule has 0 aliphatic carbocycles. The Bertz CT molecular complexity index is 387. The first kappa shape index (κ1) is 6.28. The number of pyridine rings is 1. The highest BCUT2D eigenvalue weighted by atomic mass is 14.9. The second-order valence-corrected chi connectivity index (χ2v) is 2.72. The lowest BCUT2D eigenvalue weighted by molar-refractivity contribution is 1.19. The average Bonchev–Trinajstić information content (AvgIpc) is 2.30. The van der Waals surface area contributed by atoms with Gasteiger partial charge in [-0.3, -0.25) is 0 Å². The Morgan fingerprint density at radius 3 is 2.91 bits per heavy atom. The van der Waals surface area contributed by atoms with Crippen LogP contribution in [-0.4, -0.2) is 4.40 Å². The molecule has 0 atom stereocenters. The molecule has 2 aromatic heterocycles. The summed E-state index contributed by atoms with van der Waals surface area (Å²) in [5.41, 5.74) is 8.92. The molecule has 0 amide bonds. The number of rotatable bonds is 0. The molecule has 0 unspecified atom stereocenters. The third kappa shape index (κ3) is 0.792. The number of fused-ring (bicyclic) bond motifs is 1. The number of hydrogen-bond donors (Lipinski definition) is 1. The minimum atomic E-state index is 0.880. The molecule has 11 heavy (non-hydrogen) atoms. The van der Waals surface area contributed by atoms with Gasteiger partial charge >= 0.3 is 0 Å². The van der Waals surface area contributed by atoms with E-state index in [1.165, 1.54) is 0 Å². The molecule has 2 heteroatoms. The van der Waals surface area contributed by atoms with Gasteiger partial charge in [0, 0.05) is 12.4 Å². The first-order valence-electron chi connectivity index (χ1n) is 3.61. The van der Waals surface area contributed by atoms with Crippen LogP contribution < -0.4 is 5.73 Å². The normalized spacial score (nSPS) is 10.6. The molecule has 2 N–H and O–H groups in total. The summed E-state index contributed by atoms with van der Waals surface area (Å²) in [6, 6.07) is 6.00. The van der Waals surface area contributed by atoms with Crippen LogP contribution in [0.4, 0.5) is 5.69 Å². The highest BCUT2D eigenvalue weighted by molar-refractivity contribution is 5.73. The van der Waals surface area contributed by atoms with Gasteiger partial charge in [-0.15, -0.1) is 0 Å². The van der Waals surface area contributed by atoms with E-state index in [1.807, 2.05) is 41.9 Å². The molecule has 0 fully saturated rings. The predicted octanol–water partition coefficient (Wildman–Crippen LogP) is 1.83. The van der Waals surface area contributed by atoms with E-state index in [2.05, 4.69) is 0 Å². The van der Waals surface area contributed by atoms with Crippen LogP contribution >= 0.6 is 0 Å². The van der Waals surface area contributed by atoms with E-state index in [0.29, 0.717) is 0 Å². The molecule has 0 radical (unpaired) electrons. The molecule has 56 valence electrons. The molecule has 2 nitrogen and oxygen atoms in total. The lowest BCUT2D eigenvalue weighted by atomic mass is 10.3. The fourth-order valence-electron chi connectivity index (χ4n) is 1.28. The van der Waals surface area contributed by atoms with E-state index in [-0.39, 0.29) is 0 Å². The van der Waals surface area contributed by atoms with Crippen molar-refractivity contribution in [3.63, 3.8) is 0 Å². The van der Waals surface area contributed by atoms with Gasteiger partial charge in [-0.25, -0.2) is 0 Å². The quantitative estimate of drug-likeness (QED) is 0.603. The van der Waals surface area contributed by atoms with Gasteiger partial charge in [0.15, 0.2) is 0 Å². The number of hydrogen-bond acceptors (Lipinski definition) is 1. The lowest BCUT2D eigenvalue weighted by Crippen LogP contribution is -1.85. The van der Waals surface area contributed by atoms with E-state index in [0.717, 1.165) is 16.8 Å². The lowest BCUT2D eigenvalue weighted by Gasteiger charge is -1.92. The molecule has 0 saturated carbocycles. The molecule has 2 heterocycles. The van der Waals surface area contributed by atoms with Gasteiger partial charge in [-0.2, -0.15) is 0 Å². The van der Waals surface area contributed by atoms with Crippen LogP contribution in [0.5, 0.6) is 0 Å². The van der Waals surface area contributed by atoms with Crippen molar-refractivity contribution < 1.29 is 0 Å². The van der Waals surface area contributed by atoms with Crippen molar-refractivity contribution in [3.05, 3.63) is 36.2 Å². The number of nitrogens with two attached hydrogens (primary N) is 1. The van der Waals surface area contributed by atoms with Gasteiger partial charge in [0.2, 0.25) is 0 Å². The van der Waals surface area contributed by atoms with E-state index < -0.39 is 0 Å². The second-order valence-electron chi connectivity index (χ2n) is 2.72. The van der Waals surface area contributed by atoms with Gasteiger partial charge in [-0.05, 0) is 24.6 Å². The Morgan fingerprint density at radius 2 is 2.18 bits per heavy atom. The summed E-state index contributed by atoms with van der Waals surface area (Å²) in [6.45, 7) is 2.02. The number of nitrogen functional groups attached to an aromatic ring is 1. The maximum absolute atomic E-state index is 5.82. The molecular weight excluding hydrogens is 136 g/mol. The molecule has 0 aromatic carbocycles. The number of aryl methyl sites for hydroxylation is 1. The summed E-state index contributed by atoms with van der Waals surface area (Å²) in [5.74, 6) is 0. The van der Waals surface area contributed by atoms with Crippen LogP contribution in [0.2, 0.25) is 0 Å². The average molecular weight is 146 g/mol. The van der Waals surface area contributed by atoms with Gasteiger partial charge in [-0.1, -0.05) is 6.07 Å². The van der Waals surface area contributed by atoms with Crippen LogP contribution in [0.3, 0.4) is 0 Å². The van der Waals surface area contributed by atoms with Crippen LogP contribution in [0.1, 0.15) is 5.56 Å². The van der Waals surface area contributed by atoms with Crippen molar-refractivity contribution in [1.82, 2.24) is 4.40 Å². The largest absolute Gasteiger partial charge is 0.397 e. The van der Waals surface area contributed by atoms with Crippen LogP contribution in [-0.2, 0) is 0 Å². The zero-order valence-electron chi connectivity index (χ0n) is 6.41. The van der Waals surface area contributed by atoms with E-state index in [4.69, 9.17) is 5.73 Å². The van der Waals surface area contributed by atoms with E-state index in [1.54, 1.807) is 0 Å². The Balaban J connectivity index is 2.92. The molecular formula is C9H10N2. The monoisotopic (exact) mass is 146 g/mol. The van der Waals surface area contributed by atoms with Crippen LogP contribution in [0.15, 0.2) is 30.6 Å². The smallest absolute Gasteiger partial charge is 0.0684 e. The van der Waals surface area contributed by atoms with E-state index in [9.17, 15) is 0 Å². The molecule has 2 rings (SSSR count). The highest BCUT2D eigenvalue weighted by Gasteiger charge is 2.00. The predicted molar refractivity (Wildman–Crippen MR) is 46.5 cm³/mol. The highest BCUT2D eigenvalue weighted by Crippen LogP contribution is 2.18. The van der Waals surface area contributed by atoms with Crippen molar-refractivity contribution in [2.75, 3.05) is 5.73 Å². The first-order valence-corrected chi connectivity index (χ1v) is 3.61. The van der Waals surface area contributed by atoms with Gasteiger partial charge in [0.05, 0.1) is 11.2 Å². The maximum Gasteiger partial charge on any atom is 0.0684 e. The number of anilines is 1. The van der Waals surface area contributed by atoms with Crippen molar-refractivity contribution in [2.24, 2.45) is 0 Å². The van der Waals surface area contributed by atoms with Gasteiger partial charge < -0.3 is 10.1 Å². The van der Waals surface area contributed by atoms with Crippen molar-refractivity contribution >= 4 is 11.2 Å². The Kier molecular flexibility index (Phi) is 1.15. The van der Waals surface area contributed by atoms with Crippen LogP contribution in [0.25, 0.3) is 5.52 Å². The Morgan fingerprint density at radius 1 is 1.36 bits per heavy atom. The van der Waals surface area contributed by atoms with Gasteiger partial charge in [0.25, 0.3) is 0 Å². The summed E-state index contributed by atoms with van der Waals surface area (Å²) < 4.78 is 2.03. The fraction of sp³-hybridized carbons (Fsp3) is 0.111. The second kappa shape index (κ2) is 2.02. The van der Waals surface area contributed by atoms with E-state index >= 15 is 0 Å². The summed E-state index contributed by atoms with van der Waals surface area (Å²) in [7, 11) is 0. The third-order valence-electron chi connectivity index (χ3n) is 1.92.